The summed E-state index contributed by atoms with van der Waals surface area (Å²) in [6.45, 7) is 6.57. The SMILES string of the molecule is C=CCn1c(=NC(=O)c2cc([N+](=O)[O-])ccc2Cl)sc2cccc(OCC)c21. The molecule has 0 aliphatic rings. The van der Waals surface area contributed by atoms with E-state index in [1.54, 1.807) is 6.08 Å². The van der Waals surface area contributed by atoms with Crippen molar-refractivity contribution in [3.63, 3.8) is 0 Å². The van der Waals surface area contributed by atoms with Gasteiger partial charge in [0.2, 0.25) is 0 Å². The van der Waals surface area contributed by atoms with Crippen LogP contribution in [0.5, 0.6) is 5.75 Å². The molecule has 1 heterocycles. The first kappa shape index (κ1) is 19.8. The van der Waals surface area contributed by atoms with Gasteiger partial charge in [0.05, 0.1) is 26.8 Å². The standard InChI is InChI=1S/C19H16ClN3O4S/c1-3-10-22-17-15(27-4-2)6-5-7-16(17)28-19(22)21-18(24)13-11-12(23(25)26)8-9-14(13)20/h3,5-9,11H,1,4,10H2,2H3. The van der Waals surface area contributed by atoms with E-state index in [-0.39, 0.29) is 16.3 Å². The van der Waals surface area contributed by atoms with Crippen LogP contribution in [0, 0.1) is 10.1 Å². The Morgan fingerprint density at radius 3 is 2.89 bits per heavy atom. The second kappa shape index (κ2) is 8.37. The van der Waals surface area contributed by atoms with Gasteiger partial charge in [0.1, 0.15) is 11.3 Å². The molecule has 1 amide bonds. The van der Waals surface area contributed by atoms with Gasteiger partial charge in [-0.15, -0.1) is 6.58 Å². The molecule has 2 aromatic carbocycles. The summed E-state index contributed by atoms with van der Waals surface area (Å²) in [6.07, 6.45) is 1.69. The van der Waals surface area contributed by atoms with Crippen LogP contribution in [0.2, 0.25) is 5.02 Å². The van der Waals surface area contributed by atoms with Crippen molar-refractivity contribution in [2.75, 3.05) is 6.61 Å². The smallest absolute Gasteiger partial charge is 0.281 e. The van der Waals surface area contributed by atoms with Crippen molar-refractivity contribution in [2.24, 2.45) is 4.99 Å². The number of rotatable bonds is 6. The number of non-ortho nitro benzene ring substituents is 1. The van der Waals surface area contributed by atoms with Gasteiger partial charge in [0.15, 0.2) is 4.80 Å². The Bertz CT molecular complexity index is 1150. The summed E-state index contributed by atoms with van der Waals surface area (Å²) < 4.78 is 8.41. The van der Waals surface area contributed by atoms with Crippen molar-refractivity contribution in [2.45, 2.75) is 13.5 Å². The first-order valence-corrected chi connectivity index (χ1v) is 9.54. The number of benzene rings is 2. The number of carbonyl (C=O) groups excluding carboxylic acids is 1. The molecule has 0 aliphatic carbocycles. The van der Waals surface area contributed by atoms with Crippen LogP contribution in [0.3, 0.4) is 0 Å². The molecular weight excluding hydrogens is 402 g/mol. The van der Waals surface area contributed by atoms with Crippen LogP contribution in [0.25, 0.3) is 10.2 Å². The van der Waals surface area contributed by atoms with Gasteiger partial charge in [-0.05, 0) is 25.1 Å². The largest absolute Gasteiger partial charge is 0.492 e. The monoisotopic (exact) mass is 417 g/mol. The molecule has 1 aromatic heterocycles. The quantitative estimate of drug-likeness (QED) is 0.333. The maximum Gasteiger partial charge on any atom is 0.281 e. The van der Waals surface area contributed by atoms with Crippen molar-refractivity contribution in [3.05, 3.63) is 74.6 Å². The van der Waals surface area contributed by atoms with Crippen molar-refractivity contribution in [1.82, 2.24) is 4.57 Å². The fourth-order valence-electron chi connectivity index (χ4n) is 2.69. The Hall–Kier alpha value is -2.97. The van der Waals surface area contributed by atoms with E-state index in [4.69, 9.17) is 16.3 Å². The van der Waals surface area contributed by atoms with E-state index >= 15 is 0 Å². The molecule has 3 rings (SSSR count). The van der Waals surface area contributed by atoms with E-state index in [1.165, 1.54) is 23.5 Å². The Morgan fingerprint density at radius 1 is 1.43 bits per heavy atom. The molecule has 144 valence electrons. The van der Waals surface area contributed by atoms with E-state index in [1.807, 2.05) is 29.7 Å². The highest BCUT2D eigenvalue weighted by Crippen LogP contribution is 2.28. The molecule has 9 heteroatoms. The molecule has 0 bridgehead atoms. The van der Waals surface area contributed by atoms with Crippen molar-refractivity contribution in [3.8, 4) is 5.75 Å². The third kappa shape index (κ3) is 3.83. The highest BCUT2D eigenvalue weighted by atomic mass is 35.5. The number of allylic oxidation sites excluding steroid dienone is 1. The molecule has 0 saturated carbocycles. The normalized spacial score (nSPS) is 11.6. The molecule has 3 aromatic rings. The molecule has 28 heavy (non-hydrogen) atoms. The summed E-state index contributed by atoms with van der Waals surface area (Å²) in [6, 6.07) is 9.31. The fraction of sp³-hybridized carbons (Fsp3) is 0.158. The summed E-state index contributed by atoms with van der Waals surface area (Å²) in [5, 5.41) is 11.1. The molecular formula is C19H16ClN3O4S. The minimum atomic E-state index is -0.656. The number of nitro benzene ring substituents is 1. The number of para-hydroxylation sites is 1. The predicted octanol–water partition coefficient (Wildman–Crippen LogP) is 4.59. The topological polar surface area (TPSA) is 86.7 Å². The third-order valence-corrected chi connectivity index (χ3v) is 5.24. The minimum Gasteiger partial charge on any atom is -0.492 e. The molecule has 0 radical (unpaired) electrons. The van der Waals surface area contributed by atoms with Crippen molar-refractivity contribution in [1.29, 1.82) is 0 Å². The highest BCUT2D eigenvalue weighted by molar-refractivity contribution is 7.16. The molecule has 0 aliphatic heterocycles. The summed E-state index contributed by atoms with van der Waals surface area (Å²) in [7, 11) is 0. The van der Waals surface area contributed by atoms with Crippen LogP contribution in [0.4, 0.5) is 5.69 Å². The van der Waals surface area contributed by atoms with E-state index in [0.717, 1.165) is 16.3 Å². The lowest BCUT2D eigenvalue weighted by molar-refractivity contribution is -0.384. The molecule has 0 saturated heterocycles. The number of ether oxygens (including phenoxy) is 1. The number of hydrogen-bond donors (Lipinski definition) is 0. The van der Waals surface area contributed by atoms with Crippen LogP contribution < -0.4 is 9.54 Å². The van der Waals surface area contributed by atoms with Gasteiger partial charge in [-0.25, -0.2) is 0 Å². The number of carbonyl (C=O) groups is 1. The summed E-state index contributed by atoms with van der Waals surface area (Å²) in [4.78, 5) is 27.7. The average Bonchev–Trinajstić information content (AvgIpc) is 3.00. The second-order valence-corrected chi connectivity index (χ2v) is 7.07. The van der Waals surface area contributed by atoms with Crippen LogP contribution >= 0.6 is 22.9 Å². The van der Waals surface area contributed by atoms with Gasteiger partial charge in [0.25, 0.3) is 11.6 Å². The highest BCUT2D eigenvalue weighted by Gasteiger charge is 2.17. The maximum absolute atomic E-state index is 12.7. The van der Waals surface area contributed by atoms with Gasteiger partial charge in [0, 0.05) is 18.7 Å². The number of hydrogen-bond acceptors (Lipinski definition) is 5. The Kier molecular flexibility index (Phi) is 5.91. The first-order chi connectivity index (χ1) is 13.5. The summed E-state index contributed by atoms with van der Waals surface area (Å²) in [5.41, 5.74) is 0.561. The molecule has 0 fully saturated rings. The molecule has 0 atom stereocenters. The van der Waals surface area contributed by atoms with E-state index < -0.39 is 10.8 Å². The number of halogens is 1. The number of fused-ring (bicyclic) bond motifs is 1. The second-order valence-electron chi connectivity index (χ2n) is 5.66. The zero-order valence-corrected chi connectivity index (χ0v) is 16.5. The number of nitro groups is 1. The van der Waals surface area contributed by atoms with Gasteiger partial charge in [-0.3, -0.25) is 14.9 Å². The first-order valence-electron chi connectivity index (χ1n) is 8.35. The number of amides is 1. The van der Waals surface area contributed by atoms with E-state index in [2.05, 4.69) is 11.6 Å². The molecule has 0 unspecified atom stereocenters. The number of nitrogens with zero attached hydrogens (tertiary/aromatic N) is 3. The average molecular weight is 418 g/mol. The molecule has 0 spiro atoms. The number of thiazole rings is 1. The van der Waals surface area contributed by atoms with Crippen LogP contribution in [0.15, 0.2) is 54.0 Å². The van der Waals surface area contributed by atoms with Crippen molar-refractivity contribution >= 4 is 44.7 Å². The molecule has 7 nitrogen and oxygen atoms in total. The Labute approximate surface area is 169 Å². The van der Waals surface area contributed by atoms with E-state index in [9.17, 15) is 14.9 Å². The van der Waals surface area contributed by atoms with Crippen molar-refractivity contribution < 1.29 is 14.5 Å². The lowest BCUT2D eigenvalue weighted by atomic mass is 10.2. The summed E-state index contributed by atoms with van der Waals surface area (Å²) >= 11 is 7.38. The minimum absolute atomic E-state index is 0.0245. The van der Waals surface area contributed by atoms with Gasteiger partial charge < -0.3 is 9.30 Å². The van der Waals surface area contributed by atoms with Gasteiger partial charge >= 0.3 is 0 Å². The Balaban J connectivity index is 2.19. The van der Waals surface area contributed by atoms with Crippen LogP contribution in [0.1, 0.15) is 17.3 Å². The van der Waals surface area contributed by atoms with E-state index in [0.29, 0.717) is 23.7 Å². The maximum atomic E-state index is 12.7. The zero-order chi connectivity index (χ0) is 20.3. The van der Waals surface area contributed by atoms with Crippen LogP contribution in [-0.2, 0) is 6.54 Å². The van der Waals surface area contributed by atoms with Gasteiger partial charge in [-0.1, -0.05) is 35.1 Å². The summed E-state index contributed by atoms with van der Waals surface area (Å²) in [5.74, 6) is 0.0245. The Morgan fingerprint density at radius 2 is 2.21 bits per heavy atom. The third-order valence-electron chi connectivity index (χ3n) is 3.86. The molecule has 0 N–H and O–H groups in total. The van der Waals surface area contributed by atoms with Gasteiger partial charge in [-0.2, -0.15) is 4.99 Å². The fourth-order valence-corrected chi connectivity index (χ4v) is 3.94. The van der Waals surface area contributed by atoms with Crippen LogP contribution in [-0.4, -0.2) is 22.0 Å². The lowest BCUT2D eigenvalue weighted by Gasteiger charge is -2.08. The number of aromatic nitrogens is 1. The predicted molar refractivity (Wildman–Crippen MR) is 109 cm³/mol. The lowest BCUT2D eigenvalue weighted by Crippen LogP contribution is -2.17. The zero-order valence-electron chi connectivity index (χ0n) is 14.9.